The lowest BCUT2D eigenvalue weighted by molar-refractivity contribution is -0.539. The molecule has 1 aliphatic heterocycles. The monoisotopic (exact) mass is 335 g/mol. The van der Waals surface area contributed by atoms with Crippen molar-refractivity contribution in [3.63, 3.8) is 0 Å². The minimum absolute atomic E-state index is 0.00459. The van der Waals surface area contributed by atoms with Crippen LogP contribution < -0.4 is 0 Å². The van der Waals surface area contributed by atoms with Crippen molar-refractivity contribution in [2.45, 2.75) is 38.8 Å². The molecule has 0 bridgehead atoms. The van der Waals surface area contributed by atoms with Gasteiger partial charge in [0.15, 0.2) is 11.2 Å². The molecule has 25 heavy (non-hydrogen) atoms. The number of hydrogen-bond donors (Lipinski definition) is 0. The van der Waals surface area contributed by atoms with Gasteiger partial charge in [-0.3, -0.25) is 4.74 Å². The van der Waals surface area contributed by atoms with Gasteiger partial charge in [0.25, 0.3) is 0 Å². The lowest BCUT2D eigenvalue weighted by Gasteiger charge is -2.32. The molecule has 0 aliphatic carbocycles. The normalized spacial score (nSPS) is 18.3. The summed E-state index contributed by atoms with van der Waals surface area (Å²) in [5.41, 5.74) is 0.175. The zero-order valence-electron chi connectivity index (χ0n) is 14.6. The molecule has 6 nitrogen and oxygen atoms in total. The number of amidine groups is 1. The fourth-order valence-corrected chi connectivity index (χ4v) is 2.68. The molecular weight excluding hydrogens is 316 g/mol. The van der Waals surface area contributed by atoms with Crippen LogP contribution in [0.1, 0.15) is 39.1 Å². The van der Waals surface area contributed by atoms with E-state index in [4.69, 9.17) is 6.42 Å². The third-order valence-corrected chi connectivity index (χ3v) is 5.04. The van der Waals surface area contributed by atoms with Gasteiger partial charge in [-0.05, 0) is 52.0 Å². The van der Waals surface area contributed by atoms with E-state index in [1.165, 1.54) is 0 Å². The molecule has 0 amide bonds. The predicted molar refractivity (Wildman–Crippen MR) is 93.8 cm³/mol. The molecule has 0 fully saturated rings. The maximum absolute atomic E-state index is 12.8. The molecule has 0 atom stereocenters. The topological polar surface area (TPSA) is 75.0 Å². The molecule has 0 aromatic carbocycles. The van der Waals surface area contributed by atoms with Gasteiger partial charge < -0.3 is 5.21 Å². The fraction of sp³-hybridized carbons (Fsp3) is 0.316. The van der Waals surface area contributed by atoms with Gasteiger partial charge in [-0.2, -0.15) is 0 Å². The van der Waals surface area contributed by atoms with Gasteiger partial charge in [0.05, 0.1) is 11.4 Å². The molecule has 127 valence electrons. The number of hydroxylamine groups is 3. The summed E-state index contributed by atoms with van der Waals surface area (Å²) in [5, 5.41) is 26.3. The lowest BCUT2D eigenvalue weighted by Crippen LogP contribution is -2.53. The summed E-state index contributed by atoms with van der Waals surface area (Å²) in [4.78, 5) is 8.81. The van der Waals surface area contributed by atoms with Crippen molar-refractivity contribution >= 4 is 5.84 Å². The summed E-state index contributed by atoms with van der Waals surface area (Å²) < 4.78 is 0.747. The Bertz CT molecular complexity index is 910. The second-order valence-electron chi connectivity index (χ2n) is 6.99. The maximum atomic E-state index is 12.8. The first-order valence-corrected chi connectivity index (χ1v) is 7.93. The van der Waals surface area contributed by atoms with Crippen LogP contribution in [0.4, 0.5) is 0 Å². The number of aromatic nitrogens is 2. The minimum atomic E-state index is -0.886. The molecule has 1 aliphatic rings. The van der Waals surface area contributed by atoms with Crippen LogP contribution in [0.15, 0.2) is 36.4 Å². The van der Waals surface area contributed by atoms with Crippen LogP contribution in [-0.2, 0) is 5.21 Å². The summed E-state index contributed by atoms with van der Waals surface area (Å²) in [6, 6.07) is 10.5. The molecule has 3 rings (SSSR count). The van der Waals surface area contributed by atoms with E-state index in [1.807, 2.05) is 0 Å². The fourth-order valence-electron chi connectivity index (χ4n) is 2.68. The Morgan fingerprint density at radius 1 is 1.04 bits per heavy atom. The second-order valence-corrected chi connectivity index (χ2v) is 6.99. The van der Waals surface area contributed by atoms with E-state index in [2.05, 4.69) is 15.9 Å². The van der Waals surface area contributed by atoms with Crippen LogP contribution >= 0.6 is 0 Å². The Labute approximate surface area is 147 Å². The summed E-state index contributed by atoms with van der Waals surface area (Å²) in [6.07, 6.45) is 5.39. The smallest absolute Gasteiger partial charge is 0.335 e. The van der Waals surface area contributed by atoms with E-state index in [9.17, 15) is 10.4 Å². The van der Waals surface area contributed by atoms with Crippen LogP contribution in [0.5, 0.6) is 0 Å². The maximum Gasteiger partial charge on any atom is 0.335 e. The van der Waals surface area contributed by atoms with Crippen LogP contribution in [0.3, 0.4) is 0 Å². The van der Waals surface area contributed by atoms with Gasteiger partial charge in [-0.25, -0.2) is 9.97 Å². The second kappa shape index (κ2) is 5.57. The van der Waals surface area contributed by atoms with Gasteiger partial charge in [-0.15, -0.1) is 6.42 Å². The van der Waals surface area contributed by atoms with Crippen molar-refractivity contribution in [1.82, 2.24) is 15.0 Å². The zero-order chi connectivity index (χ0) is 18.4. The molecule has 0 unspecified atom stereocenters. The zero-order valence-corrected chi connectivity index (χ0v) is 14.6. The number of nitrogens with zero attached hydrogens (tertiary/aromatic N) is 4. The summed E-state index contributed by atoms with van der Waals surface area (Å²) in [5.74, 6) is 2.49. The molecule has 0 saturated heterocycles. The van der Waals surface area contributed by atoms with Crippen molar-refractivity contribution < 1.29 is 9.95 Å². The SMILES string of the molecule is C#Cc1cccc(-c2cccc(C3=[N+]([O-])C(C)(C)C(C)(C)N3[O])n2)n1. The quantitative estimate of drug-likeness (QED) is 0.480. The molecule has 2 aromatic heterocycles. The molecule has 0 saturated carbocycles. The molecule has 3 heterocycles. The Balaban J connectivity index is 2.12. The number of hydrogen-bond acceptors (Lipinski definition) is 4. The van der Waals surface area contributed by atoms with Gasteiger partial charge in [0.2, 0.25) is 0 Å². The molecule has 0 spiro atoms. The van der Waals surface area contributed by atoms with Crippen molar-refractivity contribution in [2.75, 3.05) is 0 Å². The highest BCUT2D eigenvalue weighted by Gasteiger charge is 2.60. The highest BCUT2D eigenvalue weighted by Crippen LogP contribution is 2.37. The third-order valence-electron chi connectivity index (χ3n) is 5.04. The van der Waals surface area contributed by atoms with E-state index in [0.29, 0.717) is 22.8 Å². The predicted octanol–water partition coefficient (Wildman–Crippen LogP) is 2.60. The standard InChI is InChI=1S/C19H19N4O2/c1-6-13-9-7-10-14(20-13)15-11-8-12-16(21-15)17-22(24)18(2,3)19(4,5)23(17)25/h1,7-12H,2-5H3. The van der Waals surface area contributed by atoms with Crippen molar-refractivity contribution in [3.05, 3.63) is 53.0 Å². The summed E-state index contributed by atoms with van der Waals surface area (Å²) >= 11 is 0. The van der Waals surface area contributed by atoms with E-state index in [-0.39, 0.29) is 5.84 Å². The van der Waals surface area contributed by atoms with Gasteiger partial charge in [-0.1, -0.05) is 23.1 Å². The first-order valence-electron chi connectivity index (χ1n) is 7.93. The summed E-state index contributed by atoms with van der Waals surface area (Å²) in [7, 11) is 0. The first-order chi connectivity index (χ1) is 11.7. The molecule has 6 heteroatoms. The van der Waals surface area contributed by atoms with E-state index >= 15 is 0 Å². The van der Waals surface area contributed by atoms with Crippen molar-refractivity contribution in [1.29, 1.82) is 0 Å². The Morgan fingerprint density at radius 3 is 2.16 bits per heavy atom. The van der Waals surface area contributed by atoms with E-state index in [1.54, 1.807) is 64.1 Å². The minimum Gasteiger partial charge on any atom is -0.714 e. The first kappa shape index (κ1) is 16.9. The van der Waals surface area contributed by atoms with E-state index in [0.717, 1.165) is 9.80 Å². The number of rotatable bonds is 2. The Morgan fingerprint density at radius 2 is 1.60 bits per heavy atom. The van der Waals surface area contributed by atoms with Crippen LogP contribution in [0, 0.1) is 17.6 Å². The highest BCUT2D eigenvalue weighted by atomic mass is 16.5. The molecule has 0 N–H and O–H groups in total. The van der Waals surface area contributed by atoms with Crippen molar-refractivity contribution in [3.8, 4) is 23.7 Å². The number of terminal acetylenes is 1. The molecule has 2 aromatic rings. The van der Waals surface area contributed by atoms with Crippen molar-refractivity contribution in [2.24, 2.45) is 0 Å². The Kier molecular flexibility index (Phi) is 3.77. The van der Waals surface area contributed by atoms with Gasteiger partial charge in [0, 0.05) is 5.21 Å². The average Bonchev–Trinajstić information content (AvgIpc) is 2.72. The summed E-state index contributed by atoms with van der Waals surface area (Å²) in [6.45, 7) is 7.00. The number of pyridine rings is 2. The average molecular weight is 335 g/mol. The van der Waals surface area contributed by atoms with Crippen LogP contribution in [-0.4, -0.2) is 36.7 Å². The lowest BCUT2D eigenvalue weighted by atomic mass is 9.84. The third kappa shape index (κ3) is 2.44. The van der Waals surface area contributed by atoms with Crippen LogP contribution in [0.2, 0.25) is 0 Å². The van der Waals surface area contributed by atoms with Crippen LogP contribution in [0.25, 0.3) is 11.4 Å². The van der Waals surface area contributed by atoms with E-state index < -0.39 is 11.1 Å². The molecule has 1 radical (unpaired) electrons. The highest BCUT2D eigenvalue weighted by molar-refractivity contribution is 5.94. The Hall–Kier alpha value is -2.91. The van der Waals surface area contributed by atoms with Gasteiger partial charge >= 0.3 is 5.84 Å². The largest absolute Gasteiger partial charge is 0.714 e. The molecular formula is C19H19N4O2. The van der Waals surface area contributed by atoms with Gasteiger partial charge in [0.1, 0.15) is 11.2 Å².